The first kappa shape index (κ1) is 23.0. The number of benzene rings is 1. The van der Waals surface area contributed by atoms with Crippen molar-refractivity contribution in [2.75, 3.05) is 27.0 Å². The second-order valence-electron chi connectivity index (χ2n) is 6.48. The third kappa shape index (κ3) is 5.16. The fourth-order valence-electron chi connectivity index (χ4n) is 2.76. The van der Waals surface area contributed by atoms with E-state index < -0.39 is 11.7 Å². The molecule has 2 heterocycles. The highest BCUT2D eigenvalue weighted by molar-refractivity contribution is 7.99. The molecule has 0 N–H and O–H groups in total. The Morgan fingerprint density at radius 3 is 2.55 bits per heavy atom. The van der Waals surface area contributed by atoms with E-state index in [1.165, 1.54) is 19.1 Å². The van der Waals surface area contributed by atoms with Crippen molar-refractivity contribution in [1.29, 1.82) is 0 Å². The van der Waals surface area contributed by atoms with Crippen molar-refractivity contribution in [3.8, 4) is 11.5 Å². The van der Waals surface area contributed by atoms with Gasteiger partial charge in [-0.05, 0) is 23.8 Å². The van der Waals surface area contributed by atoms with E-state index in [1.54, 1.807) is 19.2 Å². The highest BCUT2D eigenvalue weighted by atomic mass is 35.5. The molecule has 0 bridgehead atoms. The minimum Gasteiger partial charge on any atom is -0.493 e. The lowest BCUT2D eigenvalue weighted by molar-refractivity contribution is -0.138. The van der Waals surface area contributed by atoms with Crippen LogP contribution in [0.2, 0.25) is 5.02 Å². The number of thioether (sulfide) groups is 1. The van der Waals surface area contributed by atoms with Gasteiger partial charge in [0.2, 0.25) is 5.91 Å². The molecule has 0 aliphatic rings. The molecule has 0 saturated heterocycles. The van der Waals surface area contributed by atoms with Gasteiger partial charge in [-0.1, -0.05) is 29.4 Å². The van der Waals surface area contributed by atoms with Crippen molar-refractivity contribution < 1.29 is 27.4 Å². The Bertz CT molecular complexity index is 1110. The van der Waals surface area contributed by atoms with Crippen LogP contribution in [0.5, 0.6) is 11.5 Å². The van der Waals surface area contributed by atoms with Crippen LogP contribution in [0.25, 0.3) is 5.65 Å². The number of nitrogens with zero attached hydrogens (tertiary/aromatic N) is 4. The number of hydrogen-bond acceptors (Lipinski definition) is 6. The lowest BCUT2D eigenvalue weighted by Gasteiger charge is -2.18. The molecule has 0 saturated carbocycles. The second kappa shape index (κ2) is 9.23. The fraction of sp³-hybridized carbons (Fsp3) is 0.316. The summed E-state index contributed by atoms with van der Waals surface area (Å²) in [4.78, 5) is 14.0. The van der Waals surface area contributed by atoms with Crippen LogP contribution in [-0.2, 0) is 17.5 Å². The topological polar surface area (TPSA) is 69.0 Å². The van der Waals surface area contributed by atoms with Gasteiger partial charge in [-0.2, -0.15) is 13.2 Å². The molecule has 0 aliphatic heterocycles. The zero-order valence-electron chi connectivity index (χ0n) is 16.7. The van der Waals surface area contributed by atoms with E-state index in [0.29, 0.717) is 18.0 Å². The van der Waals surface area contributed by atoms with Gasteiger partial charge in [-0.3, -0.25) is 9.20 Å². The highest BCUT2D eigenvalue weighted by Gasteiger charge is 2.32. The summed E-state index contributed by atoms with van der Waals surface area (Å²) in [6.07, 6.45) is -3.71. The van der Waals surface area contributed by atoms with E-state index in [4.69, 9.17) is 21.1 Å². The number of alkyl halides is 3. The summed E-state index contributed by atoms with van der Waals surface area (Å²) in [6, 6.07) is 6.11. The second-order valence-corrected chi connectivity index (χ2v) is 7.83. The van der Waals surface area contributed by atoms with E-state index in [1.807, 2.05) is 6.07 Å². The van der Waals surface area contributed by atoms with Gasteiger partial charge in [0.25, 0.3) is 0 Å². The van der Waals surface area contributed by atoms with Crippen molar-refractivity contribution in [3.63, 3.8) is 0 Å². The third-order valence-electron chi connectivity index (χ3n) is 4.37. The average molecular weight is 475 g/mol. The first-order valence-corrected chi connectivity index (χ1v) is 10.2. The molecule has 0 atom stereocenters. The van der Waals surface area contributed by atoms with Crippen molar-refractivity contribution in [2.24, 2.45) is 0 Å². The normalized spacial score (nSPS) is 11.6. The Balaban J connectivity index is 1.70. The summed E-state index contributed by atoms with van der Waals surface area (Å²) in [7, 11) is 4.68. The van der Waals surface area contributed by atoms with Crippen LogP contribution in [0.3, 0.4) is 0 Å². The van der Waals surface area contributed by atoms with Gasteiger partial charge in [-0.15, -0.1) is 10.2 Å². The van der Waals surface area contributed by atoms with Gasteiger partial charge < -0.3 is 14.4 Å². The fourth-order valence-corrected chi connectivity index (χ4v) is 3.86. The van der Waals surface area contributed by atoms with E-state index in [-0.39, 0.29) is 27.5 Å². The van der Waals surface area contributed by atoms with Crippen molar-refractivity contribution in [2.45, 2.75) is 17.9 Å². The number of carbonyl (C=O) groups is 1. The molecule has 0 unspecified atom stereocenters. The van der Waals surface area contributed by atoms with E-state index in [9.17, 15) is 18.0 Å². The van der Waals surface area contributed by atoms with Crippen LogP contribution >= 0.6 is 23.4 Å². The van der Waals surface area contributed by atoms with Gasteiger partial charge in [0, 0.05) is 19.8 Å². The van der Waals surface area contributed by atoms with Crippen molar-refractivity contribution in [1.82, 2.24) is 19.5 Å². The molecule has 0 fully saturated rings. The molecule has 166 valence electrons. The minimum atomic E-state index is -4.57. The predicted molar refractivity (Wildman–Crippen MR) is 110 cm³/mol. The number of carbonyl (C=O) groups excluding carboxylic acids is 1. The first-order chi connectivity index (χ1) is 14.6. The summed E-state index contributed by atoms with van der Waals surface area (Å²) < 4.78 is 50.8. The third-order valence-corrected chi connectivity index (χ3v) is 5.58. The monoisotopic (exact) mass is 474 g/mol. The van der Waals surface area contributed by atoms with Gasteiger partial charge in [-0.25, -0.2) is 0 Å². The van der Waals surface area contributed by atoms with Crippen LogP contribution in [0.1, 0.15) is 11.1 Å². The van der Waals surface area contributed by atoms with E-state index >= 15 is 0 Å². The largest absolute Gasteiger partial charge is 0.493 e. The Morgan fingerprint density at radius 2 is 1.90 bits per heavy atom. The smallest absolute Gasteiger partial charge is 0.417 e. The molecule has 0 radical (unpaired) electrons. The molecular weight excluding hydrogens is 457 g/mol. The molecule has 0 spiro atoms. The maximum Gasteiger partial charge on any atom is 0.417 e. The quantitative estimate of drug-likeness (QED) is 0.479. The number of hydrogen-bond donors (Lipinski definition) is 0. The zero-order chi connectivity index (χ0) is 22.8. The lowest BCUT2D eigenvalue weighted by atomic mass is 10.2. The van der Waals surface area contributed by atoms with Crippen LogP contribution in [0, 0.1) is 0 Å². The maximum atomic E-state index is 13.1. The predicted octanol–water partition coefficient (Wildman–Crippen LogP) is 4.17. The Kier molecular flexibility index (Phi) is 6.85. The van der Waals surface area contributed by atoms with Gasteiger partial charge in [0.1, 0.15) is 0 Å². The van der Waals surface area contributed by atoms with Crippen LogP contribution < -0.4 is 9.47 Å². The highest BCUT2D eigenvalue weighted by Crippen LogP contribution is 2.33. The summed E-state index contributed by atoms with van der Waals surface area (Å²) in [6.45, 7) is 0.310. The number of fused-ring (bicyclic) bond motifs is 1. The van der Waals surface area contributed by atoms with Gasteiger partial charge in [0.05, 0.1) is 30.6 Å². The Morgan fingerprint density at radius 1 is 1.19 bits per heavy atom. The van der Waals surface area contributed by atoms with Crippen molar-refractivity contribution >= 4 is 34.9 Å². The van der Waals surface area contributed by atoms with Crippen LogP contribution in [0.15, 0.2) is 35.6 Å². The first-order valence-electron chi connectivity index (χ1n) is 8.83. The molecule has 2 aromatic heterocycles. The Hall–Kier alpha value is -2.66. The number of aromatic nitrogens is 3. The zero-order valence-corrected chi connectivity index (χ0v) is 18.3. The molecule has 7 nitrogen and oxygen atoms in total. The van der Waals surface area contributed by atoms with Crippen LogP contribution in [0.4, 0.5) is 13.2 Å². The summed E-state index contributed by atoms with van der Waals surface area (Å²) >= 11 is 6.88. The molecule has 3 aromatic rings. The maximum absolute atomic E-state index is 13.1. The SMILES string of the molecule is COc1ccc(CN(C)C(=O)CSc2nnc3c(Cl)cc(C(F)(F)F)cn23)cc1OC. The lowest BCUT2D eigenvalue weighted by Crippen LogP contribution is -2.27. The Labute approximate surface area is 185 Å². The molecule has 31 heavy (non-hydrogen) atoms. The molecule has 0 aliphatic carbocycles. The molecule has 1 aromatic carbocycles. The van der Waals surface area contributed by atoms with E-state index in [0.717, 1.165) is 34.0 Å². The molecular formula is C19H18ClF3N4O3S. The number of amides is 1. The summed E-state index contributed by atoms with van der Waals surface area (Å²) in [5.74, 6) is 0.835. The summed E-state index contributed by atoms with van der Waals surface area (Å²) in [5.41, 5.74) is -0.0140. The number of ether oxygens (including phenoxy) is 2. The molecule has 3 rings (SSSR count). The van der Waals surface area contributed by atoms with E-state index in [2.05, 4.69) is 10.2 Å². The molecule has 12 heteroatoms. The number of halogens is 4. The van der Waals surface area contributed by atoms with Gasteiger partial charge in [0.15, 0.2) is 22.3 Å². The number of rotatable bonds is 7. The number of pyridine rings is 1. The molecule has 1 amide bonds. The minimum absolute atomic E-state index is 0.0432. The van der Waals surface area contributed by atoms with Crippen LogP contribution in [-0.4, -0.2) is 52.4 Å². The van der Waals surface area contributed by atoms with Gasteiger partial charge >= 0.3 is 6.18 Å². The summed E-state index contributed by atoms with van der Waals surface area (Å²) in [5, 5.41) is 7.63. The number of methoxy groups -OCH3 is 2. The van der Waals surface area contributed by atoms with Crippen molar-refractivity contribution in [3.05, 3.63) is 46.6 Å². The average Bonchev–Trinajstić information content (AvgIpc) is 3.14. The standard InChI is InChI=1S/C19H18ClF3N4O3S/c1-26(8-11-4-5-14(29-2)15(6-11)30-3)16(28)10-31-18-25-24-17-13(20)7-12(9-27(17)18)19(21,22)23/h4-7,9H,8,10H2,1-3H3.